The number of ether oxygens (including phenoxy) is 1. The lowest BCUT2D eigenvalue weighted by Gasteiger charge is -2.23. The topological polar surface area (TPSA) is 48.1 Å². The molecular weight excluding hydrogens is 196 g/mol. The number of anilines is 1. The summed E-state index contributed by atoms with van der Waals surface area (Å²) in [6.07, 6.45) is 5.91. The first-order chi connectivity index (χ1) is 6.86. The fourth-order valence-electron chi connectivity index (χ4n) is 1.47. The number of rotatable bonds is 2. The Morgan fingerprint density at radius 1 is 1.43 bits per heavy atom. The quantitative estimate of drug-likeness (QED) is 0.810. The van der Waals surface area contributed by atoms with Crippen molar-refractivity contribution >= 4 is 17.4 Å². The van der Waals surface area contributed by atoms with E-state index in [-0.39, 0.29) is 0 Å². The fourth-order valence-corrected chi connectivity index (χ4v) is 2.54. The van der Waals surface area contributed by atoms with Crippen LogP contribution < -0.4 is 10.5 Å². The van der Waals surface area contributed by atoms with E-state index in [2.05, 4.69) is 4.98 Å². The minimum Gasteiger partial charge on any atom is -0.488 e. The van der Waals surface area contributed by atoms with E-state index in [1.165, 1.54) is 11.5 Å². The highest BCUT2D eigenvalue weighted by Crippen LogP contribution is 2.25. The highest BCUT2D eigenvalue weighted by Gasteiger charge is 2.15. The number of pyridine rings is 1. The maximum Gasteiger partial charge on any atom is 0.145 e. The summed E-state index contributed by atoms with van der Waals surface area (Å²) < 4.78 is 5.81. The molecule has 0 unspecified atom stereocenters. The first-order valence-corrected chi connectivity index (χ1v) is 5.95. The van der Waals surface area contributed by atoms with Gasteiger partial charge in [0.1, 0.15) is 11.9 Å². The van der Waals surface area contributed by atoms with Crippen molar-refractivity contribution in [1.82, 2.24) is 4.98 Å². The Hall–Kier alpha value is -0.900. The maximum atomic E-state index is 5.81. The Balaban J connectivity index is 1.99. The lowest BCUT2D eigenvalue weighted by atomic mass is 10.2. The average Bonchev–Trinajstić information content (AvgIpc) is 2.23. The molecule has 0 bridgehead atoms. The van der Waals surface area contributed by atoms with Crippen molar-refractivity contribution < 1.29 is 4.74 Å². The summed E-state index contributed by atoms with van der Waals surface area (Å²) in [5.74, 6) is 3.16. The van der Waals surface area contributed by atoms with Gasteiger partial charge in [-0.05, 0) is 24.3 Å². The lowest BCUT2D eigenvalue weighted by molar-refractivity contribution is 0.193. The molecule has 0 atom stereocenters. The van der Waals surface area contributed by atoms with Gasteiger partial charge in [-0.15, -0.1) is 0 Å². The molecule has 0 saturated carbocycles. The molecule has 76 valence electrons. The van der Waals surface area contributed by atoms with Crippen LogP contribution in [0, 0.1) is 0 Å². The van der Waals surface area contributed by atoms with E-state index in [1.807, 2.05) is 17.8 Å². The Kier molecular flexibility index (Phi) is 3.14. The van der Waals surface area contributed by atoms with Gasteiger partial charge in [-0.25, -0.2) is 0 Å². The van der Waals surface area contributed by atoms with Crippen LogP contribution in [0.4, 0.5) is 5.69 Å². The largest absolute Gasteiger partial charge is 0.488 e. The SMILES string of the molecule is Nc1cnccc1OC1CCSCC1. The Bertz CT molecular complexity index is 300. The molecule has 1 aliphatic rings. The van der Waals surface area contributed by atoms with Gasteiger partial charge in [0.05, 0.1) is 11.9 Å². The van der Waals surface area contributed by atoms with Gasteiger partial charge in [0.25, 0.3) is 0 Å². The summed E-state index contributed by atoms with van der Waals surface area (Å²) in [6, 6.07) is 1.83. The summed E-state index contributed by atoms with van der Waals surface area (Å²) in [6.45, 7) is 0. The molecule has 0 aliphatic carbocycles. The average molecular weight is 210 g/mol. The second-order valence-electron chi connectivity index (χ2n) is 3.34. The van der Waals surface area contributed by atoms with Crippen molar-refractivity contribution in [3.05, 3.63) is 18.5 Å². The molecule has 2 N–H and O–H groups in total. The fraction of sp³-hybridized carbons (Fsp3) is 0.500. The predicted molar refractivity (Wildman–Crippen MR) is 59.6 cm³/mol. The third-order valence-electron chi connectivity index (χ3n) is 2.27. The van der Waals surface area contributed by atoms with Crippen LogP contribution in [0.2, 0.25) is 0 Å². The van der Waals surface area contributed by atoms with Crippen molar-refractivity contribution in [3.8, 4) is 5.75 Å². The molecule has 1 aromatic rings. The number of hydrogen-bond donors (Lipinski definition) is 1. The number of nitrogen functional groups attached to an aromatic ring is 1. The maximum absolute atomic E-state index is 5.81. The molecule has 0 amide bonds. The first-order valence-electron chi connectivity index (χ1n) is 4.80. The predicted octanol–water partition coefficient (Wildman–Crippen LogP) is 1.94. The molecule has 0 aromatic carbocycles. The molecular formula is C10H14N2OS. The summed E-state index contributed by atoms with van der Waals surface area (Å²) in [4.78, 5) is 3.93. The van der Waals surface area contributed by atoms with Gasteiger partial charge in [0.2, 0.25) is 0 Å². The Morgan fingerprint density at radius 3 is 2.93 bits per heavy atom. The Labute approximate surface area is 88.0 Å². The van der Waals surface area contributed by atoms with Crippen molar-refractivity contribution in [1.29, 1.82) is 0 Å². The monoisotopic (exact) mass is 210 g/mol. The smallest absolute Gasteiger partial charge is 0.145 e. The van der Waals surface area contributed by atoms with E-state index in [9.17, 15) is 0 Å². The van der Waals surface area contributed by atoms with E-state index in [0.717, 1.165) is 18.6 Å². The molecule has 0 radical (unpaired) electrons. The highest BCUT2D eigenvalue weighted by atomic mass is 32.2. The van der Waals surface area contributed by atoms with Crippen LogP contribution in [-0.2, 0) is 0 Å². The molecule has 1 saturated heterocycles. The molecule has 14 heavy (non-hydrogen) atoms. The van der Waals surface area contributed by atoms with Gasteiger partial charge < -0.3 is 10.5 Å². The van der Waals surface area contributed by atoms with Gasteiger partial charge in [-0.3, -0.25) is 4.98 Å². The minimum atomic E-state index is 0.334. The zero-order valence-electron chi connectivity index (χ0n) is 7.98. The Morgan fingerprint density at radius 2 is 2.21 bits per heavy atom. The van der Waals surface area contributed by atoms with E-state index >= 15 is 0 Å². The summed E-state index contributed by atoms with van der Waals surface area (Å²) in [5, 5.41) is 0. The number of thioether (sulfide) groups is 1. The molecule has 2 rings (SSSR count). The second-order valence-corrected chi connectivity index (χ2v) is 4.57. The van der Waals surface area contributed by atoms with Crippen LogP contribution in [0.5, 0.6) is 5.75 Å². The summed E-state index contributed by atoms with van der Waals surface area (Å²) in [5.41, 5.74) is 6.38. The molecule has 0 spiro atoms. The van der Waals surface area contributed by atoms with Crippen LogP contribution >= 0.6 is 11.8 Å². The molecule has 1 aromatic heterocycles. The highest BCUT2D eigenvalue weighted by molar-refractivity contribution is 7.99. The number of hydrogen-bond acceptors (Lipinski definition) is 4. The van der Waals surface area contributed by atoms with Crippen molar-refractivity contribution in [2.45, 2.75) is 18.9 Å². The third kappa shape index (κ3) is 2.32. The van der Waals surface area contributed by atoms with Gasteiger partial charge in [-0.2, -0.15) is 11.8 Å². The van der Waals surface area contributed by atoms with Crippen LogP contribution in [0.15, 0.2) is 18.5 Å². The van der Waals surface area contributed by atoms with Crippen molar-refractivity contribution in [2.24, 2.45) is 0 Å². The number of aromatic nitrogens is 1. The van der Waals surface area contributed by atoms with E-state index in [0.29, 0.717) is 11.8 Å². The van der Waals surface area contributed by atoms with Crippen LogP contribution in [-0.4, -0.2) is 22.6 Å². The summed E-state index contributed by atoms with van der Waals surface area (Å²) >= 11 is 1.99. The number of nitrogens with two attached hydrogens (primary N) is 1. The molecule has 1 fully saturated rings. The normalized spacial score (nSPS) is 18.0. The van der Waals surface area contributed by atoms with E-state index in [4.69, 9.17) is 10.5 Å². The van der Waals surface area contributed by atoms with Crippen LogP contribution in [0.3, 0.4) is 0 Å². The van der Waals surface area contributed by atoms with Crippen LogP contribution in [0.1, 0.15) is 12.8 Å². The molecule has 4 heteroatoms. The molecule has 2 heterocycles. The van der Waals surface area contributed by atoms with E-state index < -0.39 is 0 Å². The van der Waals surface area contributed by atoms with Gasteiger partial charge in [-0.1, -0.05) is 0 Å². The second kappa shape index (κ2) is 4.55. The molecule has 1 aliphatic heterocycles. The van der Waals surface area contributed by atoms with Gasteiger partial charge in [0, 0.05) is 12.3 Å². The standard InChI is InChI=1S/C10H14N2OS/c11-9-7-12-4-1-10(9)13-8-2-5-14-6-3-8/h1,4,7-8H,2-3,5-6,11H2. The minimum absolute atomic E-state index is 0.334. The number of nitrogens with zero attached hydrogens (tertiary/aromatic N) is 1. The lowest BCUT2D eigenvalue weighted by Crippen LogP contribution is -2.22. The van der Waals surface area contributed by atoms with Crippen molar-refractivity contribution in [2.75, 3.05) is 17.2 Å². The molecule has 3 nitrogen and oxygen atoms in total. The first kappa shape index (κ1) is 9.65. The van der Waals surface area contributed by atoms with E-state index in [1.54, 1.807) is 12.4 Å². The van der Waals surface area contributed by atoms with Gasteiger partial charge in [0.15, 0.2) is 0 Å². The van der Waals surface area contributed by atoms with Crippen molar-refractivity contribution in [3.63, 3.8) is 0 Å². The van der Waals surface area contributed by atoms with Gasteiger partial charge >= 0.3 is 0 Å². The zero-order valence-corrected chi connectivity index (χ0v) is 8.80. The third-order valence-corrected chi connectivity index (χ3v) is 3.32. The zero-order chi connectivity index (χ0) is 9.80. The van der Waals surface area contributed by atoms with Crippen LogP contribution in [0.25, 0.3) is 0 Å². The summed E-state index contributed by atoms with van der Waals surface area (Å²) in [7, 11) is 0.